The largest absolute Gasteiger partial charge is 0.464 e. The van der Waals surface area contributed by atoms with E-state index in [4.69, 9.17) is 14.6 Å². The topological polar surface area (TPSA) is 67.8 Å². The molecular weight excluding hydrogens is 222 g/mol. The highest BCUT2D eigenvalue weighted by atomic mass is 16.5. The molecule has 17 heavy (non-hydrogen) atoms. The van der Waals surface area contributed by atoms with E-state index in [9.17, 15) is 4.79 Å². The third kappa shape index (κ3) is 3.40. The van der Waals surface area contributed by atoms with Crippen molar-refractivity contribution < 1.29 is 19.4 Å². The maximum absolute atomic E-state index is 11.8. The van der Waals surface area contributed by atoms with E-state index in [2.05, 4.69) is 5.32 Å². The first kappa shape index (κ1) is 12.8. The van der Waals surface area contributed by atoms with Gasteiger partial charge in [0.05, 0.1) is 24.2 Å². The van der Waals surface area contributed by atoms with E-state index in [-0.39, 0.29) is 30.2 Å². The van der Waals surface area contributed by atoms with E-state index in [0.717, 1.165) is 19.3 Å². The third-order valence-electron chi connectivity index (χ3n) is 3.37. The first-order chi connectivity index (χ1) is 8.16. The number of nitrogens with one attached hydrogen (secondary N) is 1. The van der Waals surface area contributed by atoms with Gasteiger partial charge in [0, 0.05) is 13.1 Å². The normalized spacial score (nSPS) is 32.7. The molecule has 2 fully saturated rings. The van der Waals surface area contributed by atoms with Crippen molar-refractivity contribution in [3.63, 3.8) is 0 Å². The van der Waals surface area contributed by atoms with E-state index in [1.807, 2.05) is 0 Å². The quantitative estimate of drug-likeness (QED) is 0.510. The van der Waals surface area contributed by atoms with Crippen molar-refractivity contribution in [2.45, 2.75) is 44.5 Å². The van der Waals surface area contributed by atoms with Gasteiger partial charge in [-0.3, -0.25) is 4.79 Å². The maximum Gasteiger partial charge on any atom is 0.311 e. The number of fused-ring (bicyclic) bond motifs is 2. The zero-order valence-corrected chi connectivity index (χ0v) is 10.2. The Morgan fingerprint density at radius 2 is 2.41 bits per heavy atom. The van der Waals surface area contributed by atoms with Gasteiger partial charge < -0.3 is 19.9 Å². The summed E-state index contributed by atoms with van der Waals surface area (Å²) < 4.78 is 10.8. The second-order valence-electron chi connectivity index (χ2n) is 4.94. The summed E-state index contributed by atoms with van der Waals surface area (Å²) in [6.45, 7) is 3.18. The van der Waals surface area contributed by atoms with E-state index < -0.39 is 0 Å². The highest BCUT2D eigenvalue weighted by Gasteiger charge is 2.45. The molecule has 0 spiro atoms. The summed E-state index contributed by atoms with van der Waals surface area (Å²) in [7, 11) is 0. The SMILES string of the molecule is CC(O)CNCCOC(=O)C1CC2CCC1O2. The van der Waals surface area contributed by atoms with Crippen molar-refractivity contribution in [3.05, 3.63) is 0 Å². The number of hydrogen-bond donors (Lipinski definition) is 2. The van der Waals surface area contributed by atoms with Gasteiger partial charge in [0.1, 0.15) is 6.61 Å². The van der Waals surface area contributed by atoms with Crippen molar-refractivity contribution >= 4 is 5.97 Å². The van der Waals surface area contributed by atoms with Gasteiger partial charge in [-0.25, -0.2) is 0 Å². The molecule has 2 aliphatic rings. The van der Waals surface area contributed by atoms with Gasteiger partial charge in [-0.1, -0.05) is 0 Å². The van der Waals surface area contributed by atoms with E-state index >= 15 is 0 Å². The molecule has 0 aromatic heterocycles. The molecule has 2 heterocycles. The Bertz CT molecular complexity index is 269. The molecule has 5 heteroatoms. The Kier molecular flexibility index (Phi) is 4.36. The Labute approximate surface area is 101 Å². The lowest BCUT2D eigenvalue weighted by Crippen LogP contribution is -2.31. The molecule has 4 atom stereocenters. The van der Waals surface area contributed by atoms with Gasteiger partial charge in [-0.15, -0.1) is 0 Å². The molecule has 0 amide bonds. The maximum atomic E-state index is 11.8. The minimum atomic E-state index is -0.371. The Morgan fingerprint density at radius 1 is 1.59 bits per heavy atom. The molecule has 2 rings (SSSR count). The monoisotopic (exact) mass is 243 g/mol. The number of carbonyl (C=O) groups excluding carboxylic acids is 1. The van der Waals surface area contributed by atoms with Crippen LogP contribution in [0.1, 0.15) is 26.2 Å². The van der Waals surface area contributed by atoms with Gasteiger partial charge in [0.25, 0.3) is 0 Å². The Hall–Kier alpha value is -0.650. The van der Waals surface area contributed by atoms with Crippen LogP contribution in [0.4, 0.5) is 0 Å². The summed E-state index contributed by atoms with van der Waals surface area (Å²) in [5.74, 6) is -0.179. The summed E-state index contributed by atoms with van der Waals surface area (Å²) in [6.07, 6.45) is 2.91. The zero-order valence-electron chi connectivity index (χ0n) is 10.2. The number of ether oxygens (including phenoxy) is 2. The van der Waals surface area contributed by atoms with Gasteiger partial charge in [0.2, 0.25) is 0 Å². The lowest BCUT2D eigenvalue weighted by molar-refractivity contribution is -0.150. The van der Waals surface area contributed by atoms with Crippen molar-refractivity contribution in [1.29, 1.82) is 0 Å². The standard InChI is InChI=1S/C12H21NO4/c1-8(14)7-13-4-5-16-12(15)10-6-9-2-3-11(10)17-9/h8-11,13-14H,2-7H2,1H3. The van der Waals surface area contributed by atoms with Crippen molar-refractivity contribution in [3.8, 4) is 0 Å². The first-order valence-corrected chi connectivity index (χ1v) is 6.37. The smallest absolute Gasteiger partial charge is 0.311 e. The van der Waals surface area contributed by atoms with Crippen LogP contribution in [0, 0.1) is 5.92 Å². The molecule has 4 unspecified atom stereocenters. The molecule has 2 aliphatic heterocycles. The van der Waals surface area contributed by atoms with Gasteiger partial charge in [-0.05, 0) is 26.2 Å². The second-order valence-corrected chi connectivity index (χ2v) is 4.94. The number of carbonyl (C=O) groups is 1. The fraction of sp³-hybridized carbons (Fsp3) is 0.917. The average Bonchev–Trinajstić information content (AvgIpc) is 2.89. The highest BCUT2D eigenvalue weighted by molar-refractivity contribution is 5.73. The zero-order chi connectivity index (χ0) is 12.3. The molecule has 0 aliphatic carbocycles. The number of aliphatic hydroxyl groups is 1. The second kappa shape index (κ2) is 5.80. The lowest BCUT2D eigenvalue weighted by atomic mass is 9.89. The molecule has 2 N–H and O–H groups in total. The van der Waals surface area contributed by atoms with E-state index in [1.54, 1.807) is 6.92 Å². The van der Waals surface area contributed by atoms with Crippen LogP contribution < -0.4 is 5.32 Å². The molecule has 2 bridgehead atoms. The van der Waals surface area contributed by atoms with Gasteiger partial charge >= 0.3 is 5.97 Å². The average molecular weight is 243 g/mol. The van der Waals surface area contributed by atoms with Crippen LogP contribution in [-0.4, -0.2) is 49.1 Å². The summed E-state index contributed by atoms with van der Waals surface area (Å²) >= 11 is 0. The predicted molar refractivity (Wildman–Crippen MR) is 61.5 cm³/mol. The van der Waals surface area contributed by atoms with Crippen LogP contribution >= 0.6 is 0 Å². The number of aliphatic hydroxyl groups excluding tert-OH is 1. The van der Waals surface area contributed by atoms with Crippen LogP contribution in [0.15, 0.2) is 0 Å². The molecule has 0 radical (unpaired) electrons. The van der Waals surface area contributed by atoms with E-state index in [1.165, 1.54) is 0 Å². The molecule has 0 aromatic carbocycles. The molecular formula is C12H21NO4. The predicted octanol–water partition coefficient (Wildman–Crippen LogP) is 0.0675. The van der Waals surface area contributed by atoms with Crippen molar-refractivity contribution in [2.75, 3.05) is 19.7 Å². The molecule has 5 nitrogen and oxygen atoms in total. The summed E-state index contributed by atoms with van der Waals surface area (Å²) in [4.78, 5) is 11.8. The van der Waals surface area contributed by atoms with Crippen LogP contribution in [0.5, 0.6) is 0 Å². The van der Waals surface area contributed by atoms with E-state index in [0.29, 0.717) is 19.7 Å². The fourth-order valence-electron chi connectivity index (χ4n) is 2.53. The molecule has 0 aromatic rings. The van der Waals surface area contributed by atoms with Gasteiger partial charge in [-0.2, -0.15) is 0 Å². The Morgan fingerprint density at radius 3 is 3.00 bits per heavy atom. The summed E-state index contributed by atoms with van der Waals surface area (Å²) in [5, 5.41) is 12.0. The summed E-state index contributed by atoms with van der Waals surface area (Å²) in [5.41, 5.74) is 0. The summed E-state index contributed by atoms with van der Waals surface area (Å²) in [6, 6.07) is 0. The van der Waals surface area contributed by atoms with Crippen LogP contribution in [-0.2, 0) is 14.3 Å². The first-order valence-electron chi connectivity index (χ1n) is 6.37. The number of rotatable bonds is 6. The highest BCUT2D eigenvalue weighted by Crippen LogP contribution is 2.39. The number of hydrogen-bond acceptors (Lipinski definition) is 5. The Balaban J connectivity index is 1.58. The van der Waals surface area contributed by atoms with Crippen LogP contribution in [0.25, 0.3) is 0 Å². The van der Waals surface area contributed by atoms with Crippen LogP contribution in [0.2, 0.25) is 0 Å². The lowest BCUT2D eigenvalue weighted by Gasteiger charge is -2.17. The minimum Gasteiger partial charge on any atom is -0.464 e. The van der Waals surface area contributed by atoms with Crippen LogP contribution in [0.3, 0.4) is 0 Å². The minimum absolute atomic E-state index is 0.0504. The van der Waals surface area contributed by atoms with Crippen molar-refractivity contribution in [1.82, 2.24) is 5.32 Å². The molecule has 0 saturated carbocycles. The number of esters is 1. The molecule has 2 saturated heterocycles. The van der Waals surface area contributed by atoms with Gasteiger partial charge in [0.15, 0.2) is 0 Å². The third-order valence-corrected chi connectivity index (χ3v) is 3.37. The van der Waals surface area contributed by atoms with Crippen molar-refractivity contribution in [2.24, 2.45) is 5.92 Å². The fourth-order valence-corrected chi connectivity index (χ4v) is 2.53. The molecule has 98 valence electrons.